The van der Waals surface area contributed by atoms with E-state index in [2.05, 4.69) is 10.3 Å². The van der Waals surface area contributed by atoms with Crippen molar-refractivity contribution < 1.29 is 31.1 Å². The van der Waals surface area contributed by atoms with Crippen molar-refractivity contribution in [2.24, 2.45) is 0 Å². The maximum absolute atomic E-state index is 13.2. The van der Waals surface area contributed by atoms with Gasteiger partial charge in [0.1, 0.15) is 0 Å². The van der Waals surface area contributed by atoms with Gasteiger partial charge >= 0.3 is 12.4 Å². The number of para-hydroxylation sites is 1. The maximum Gasteiger partial charge on any atom is 0.416 e. The van der Waals surface area contributed by atoms with E-state index in [1.165, 1.54) is 4.90 Å². The summed E-state index contributed by atoms with van der Waals surface area (Å²) in [6.45, 7) is 0.932. The number of rotatable bonds is 3. The molecule has 0 radical (unpaired) electrons. The maximum atomic E-state index is 13.2. The van der Waals surface area contributed by atoms with Crippen LogP contribution in [0, 0.1) is 0 Å². The van der Waals surface area contributed by atoms with Gasteiger partial charge in [-0.1, -0.05) is 18.2 Å². The number of carbonyl (C=O) groups is 1. The number of carbonyl (C=O) groups excluding carboxylic acids is 1. The van der Waals surface area contributed by atoms with Crippen LogP contribution in [0.1, 0.15) is 27.0 Å². The van der Waals surface area contributed by atoms with Gasteiger partial charge in [0.15, 0.2) is 0 Å². The molecule has 1 aliphatic rings. The Morgan fingerprint density at radius 3 is 2.27 bits per heavy atom. The second-order valence-corrected chi connectivity index (χ2v) is 7.71. The summed E-state index contributed by atoms with van der Waals surface area (Å²) in [7, 11) is 0. The van der Waals surface area contributed by atoms with Crippen LogP contribution in [0.15, 0.2) is 48.7 Å². The number of piperazine rings is 1. The number of nitrogens with one attached hydrogen (secondary N) is 2. The highest BCUT2D eigenvalue weighted by atomic mass is 35.5. The molecule has 2 aromatic carbocycles. The molecule has 0 aliphatic carbocycles. The lowest BCUT2D eigenvalue weighted by molar-refractivity contribution is -0.143. The Morgan fingerprint density at radius 2 is 1.64 bits per heavy atom. The lowest BCUT2D eigenvalue weighted by Gasteiger charge is -2.36. The molecule has 1 atom stereocenters. The van der Waals surface area contributed by atoms with E-state index in [1.54, 1.807) is 6.20 Å². The third-order valence-corrected chi connectivity index (χ3v) is 5.58. The number of fused-ring (bicyclic) bond motifs is 1. The van der Waals surface area contributed by atoms with Crippen molar-refractivity contribution in [2.75, 3.05) is 19.6 Å². The molecule has 0 bridgehead atoms. The van der Waals surface area contributed by atoms with Gasteiger partial charge in [-0.2, -0.15) is 26.3 Å². The summed E-state index contributed by atoms with van der Waals surface area (Å²) >= 11 is 0. The monoisotopic (exact) mass is 491 g/mol. The predicted octanol–water partition coefficient (Wildman–Crippen LogP) is 5.28. The zero-order valence-corrected chi connectivity index (χ0v) is 17.9. The third kappa shape index (κ3) is 5.27. The molecule has 4 nitrogen and oxygen atoms in total. The van der Waals surface area contributed by atoms with E-state index in [9.17, 15) is 31.1 Å². The van der Waals surface area contributed by atoms with Gasteiger partial charge in [0.25, 0.3) is 5.91 Å². The molecule has 178 valence electrons. The number of nitrogens with zero attached hydrogens (tertiary/aromatic N) is 1. The molecule has 4 rings (SSSR count). The van der Waals surface area contributed by atoms with Crippen molar-refractivity contribution in [3.63, 3.8) is 0 Å². The molecule has 1 aromatic heterocycles. The van der Waals surface area contributed by atoms with E-state index < -0.39 is 41.0 Å². The molecular formula is C22H20ClF6N3O. The van der Waals surface area contributed by atoms with Gasteiger partial charge in [-0.3, -0.25) is 4.79 Å². The molecule has 0 unspecified atom stereocenters. The lowest BCUT2D eigenvalue weighted by Crippen LogP contribution is -2.54. The number of halogens is 7. The first-order chi connectivity index (χ1) is 15.0. The molecule has 3 aromatic rings. The topological polar surface area (TPSA) is 48.1 Å². The Balaban J connectivity index is 0.00000306. The van der Waals surface area contributed by atoms with Crippen molar-refractivity contribution in [1.82, 2.24) is 15.2 Å². The van der Waals surface area contributed by atoms with Gasteiger partial charge in [0.2, 0.25) is 0 Å². The number of amides is 1. The van der Waals surface area contributed by atoms with Crippen LogP contribution >= 0.6 is 12.4 Å². The minimum absolute atomic E-state index is 0. The van der Waals surface area contributed by atoms with Crippen LogP contribution in [0.4, 0.5) is 26.3 Å². The third-order valence-electron chi connectivity index (χ3n) is 5.58. The molecule has 33 heavy (non-hydrogen) atoms. The molecule has 1 fully saturated rings. The largest absolute Gasteiger partial charge is 0.416 e. The Kier molecular flexibility index (Phi) is 6.99. The normalized spacial score (nSPS) is 17.2. The first-order valence-corrected chi connectivity index (χ1v) is 9.90. The number of alkyl halides is 6. The standard InChI is InChI=1S/C22H19F6N3O.ClH/c23-21(24,25)15-7-13(8-16(10-15)22(26,27)28)20(32)31-6-5-29-12-17(31)9-14-11-30-19-4-2-1-3-18(14)19;/h1-4,7-8,10-11,17,29-30H,5-6,9,12H2;1H/t17-;/m1./s1. The van der Waals surface area contributed by atoms with E-state index in [4.69, 9.17) is 0 Å². The Labute approximate surface area is 191 Å². The highest BCUT2D eigenvalue weighted by Gasteiger charge is 2.38. The Morgan fingerprint density at radius 1 is 1.00 bits per heavy atom. The second kappa shape index (κ2) is 9.26. The average Bonchev–Trinajstić information content (AvgIpc) is 3.15. The summed E-state index contributed by atoms with van der Waals surface area (Å²) in [5.41, 5.74) is -1.82. The minimum atomic E-state index is -5.01. The van der Waals surface area contributed by atoms with Gasteiger partial charge in [-0.15, -0.1) is 12.4 Å². The van der Waals surface area contributed by atoms with Crippen molar-refractivity contribution in [3.05, 3.63) is 70.9 Å². The molecule has 1 amide bonds. The molecule has 1 aliphatic heterocycles. The summed E-state index contributed by atoms with van der Waals surface area (Å²) in [5.74, 6) is -0.854. The zero-order chi connectivity index (χ0) is 23.1. The number of benzene rings is 2. The van der Waals surface area contributed by atoms with E-state index >= 15 is 0 Å². The van der Waals surface area contributed by atoms with Crippen LogP contribution in [0.5, 0.6) is 0 Å². The lowest BCUT2D eigenvalue weighted by atomic mass is 9.99. The van der Waals surface area contributed by atoms with Crippen molar-refractivity contribution in [2.45, 2.75) is 24.8 Å². The Bertz CT molecular complexity index is 1110. The molecule has 2 heterocycles. The summed E-state index contributed by atoms with van der Waals surface area (Å²) in [6, 6.07) is 8.10. The molecule has 2 N–H and O–H groups in total. The molecule has 1 saturated heterocycles. The number of H-pyrrole nitrogens is 1. The second-order valence-electron chi connectivity index (χ2n) is 7.71. The molecular weight excluding hydrogens is 472 g/mol. The first kappa shape index (κ1) is 24.9. The van der Waals surface area contributed by atoms with Gasteiger partial charge < -0.3 is 15.2 Å². The van der Waals surface area contributed by atoms with Gasteiger partial charge in [-0.25, -0.2) is 0 Å². The Hall–Kier alpha value is -2.72. The van der Waals surface area contributed by atoms with E-state index in [-0.39, 0.29) is 25.0 Å². The summed E-state index contributed by atoms with van der Waals surface area (Å²) < 4.78 is 79.3. The van der Waals surface area contributed by atoms with E-state index in [0.717, 1.165) is 16.5 Å². The van der Waals surface area contributed by atoms with E-state index in [0.29, 0.717) is 31.6 Å². The summed E-state index contributed by atoms with van der Waals surface area (Å²) in [5, 5.41) is 4.09. The van der Waals surface area contributed by atoms with Crippen molar-refractivity contribution >= 4 is 29.2 Å². The van der Waals surface area contributed by atoms with Crippen LogP contribution in [0.2, 0.25) is 0 Å². The highest BCUT2D eigenvalue weighted by molar-refractivity contribution is 5.95. The summed E-state index contributed by atoms with van der Waals surface area (Å²) in [4.78, 5) is 17.6. The fourth-order valence-electron chi connectivity index (χ4n) is 4.01. The smallest absolute Gasteiger partial charge is 0.361 e. The van der Waals surface area contributed by atoms with Crippen LogP contribution in [-0.2, 0) is 18.8 Å². The van der Waals surface area contributed by atoms with Crippen molar-refractivity contribution in [3.8, 4) is 0 Å². The number of aromatic amines is 1. The number of hydrogen-bond acceptors (Lipinski definition) is 2. The fourth-order valence-corrected chi connectivity index (χ4v) is 4.01. The quantitative estimate of drug-likeness (QED) is 0.490. The van der Waals surface area contributed by atoms with Crippen molar-refractivity contribution in [1.29, 1.82) is 0 Å². The zero-order valence-electron chi connectivity index (χ0n) is 17.1. The molecule has 11 heteroatoms. The fraction of sp³-hybridized carbons (Fsp3) is 0.318. The summed E-state index contributed by atoms with van der Waals surface area (Å²) in [6.07, 6.45) is -7.83. The molecule has 0 saturated carbocycles. The highest BCUT2D eigenvalue weighted by Crippen LogP contribution is 2.36. The molecule has 0 spiro atoms. The van der Waals surface area contributed by atoms with Crippen LogP contribution < -0.4 is 5.32 Å². The van der Waals surface area contributed by atoms with Crippen LogP contribution in [-0.4, -0.2) is 41.5 Å². The van der Waals surface area contributed by atoms with Gasteiger partial charge in [0, 0.05) is 48.3 Å². The predicted molar refractivity (Wildman–Crippen MR) is 113 cm³/mol. The van der Waals surface area contributed by atoms with E-state index in [1.807, 2.05) is 24.3 Å². The van der Waals surface area contributed by atoms with Crippen LogP contribution in [0.3, 0.4) is 0 Å². The average molecular weight is 492 g/mol. The first-order valence-electron chi connectivity index (χ1n) is 9.90. The number of hydrogen-bond donors (Lipinski definition) is 2. The number of aromatic nitrogens is 1. The van der Waals surface area contributed by atoms with Gasteiger partial charge in [0.05, 0.1) is 11.1 Å². The van der Waals surface area contributed by atoms with Crippen LogP contribution in [0.25, 0.3) is 10.9 Å². The SMILES string of the molecule is Cl.O=C(c1cc(C(F)(F)F)cc(C(F)(F)F)c1)N1CCNC[C@H]1Cc1c[nH]c2ccccc12. The minimum Gasteiger partial charge on any atom is -0.361 e. The van der Waals surface area contributed by atoms with Gasteiger partial charge in [-0.05, 0) is 36.2 Å².